The molecule has 83 heavy (non-hydrogen) atoms. The van der Waals surface area contributed by atoms with Crippen LogP contribution in [0, 0.1) is 0 Å². The summed E-state index contributed by atoms with van der Waals surface area (Å²) in [4.78, 5) is 4.85. The van der Waals surface area contributed by atoms with E-state index in [-0.39, 0.29) is 0 Å². The molecule has 0 amide bonds. The predicted octanol–water partition coefficient (Wildman–Crippen LogP) is 21.2. The number of benzene rings is 12. The van der Waals surface area contributed by atoms with E-state index in [2.05, 4.69) is 312 Å². The molecule has 0 atom stereocenters. The van der Waals surface area contributed by atoms with Crippen molar-refractivity contribution in [2.75, 3.05) is 9.80 Å². The van der Waals surface area contributed by atoms with E-state index in [1.54, 1.807) is 0 Å². The summed E-state index contributed by atoms with van der Waals surface area (Å²) in [6, 6.07) is 102. The van der Waals surface area contributed by atoms with Crippen LogP contribution in [-0.4, -0.2) is 9.13 Å². The zero-order valence-electron chi connectivity index (χ0n) is 46.6. The van der Waals surface area contributed by atoms with Gasteiger partial charge in [-0.1, -0.05) is 182 Å². The number of para-hydroxylation sites is 4. The van der Waals surface area contributed by atoms with Gasteiger partial charge in [-0.2, -0.15) is 0 Å². The molecule has 0 spiro atoms. The number of hydrogen-bond acceptors (Lipinski definition) is 3. The van der Waals surface area contributed by atoms with E-state index in [1.165, 1.54) is 88.1 Å². The SMILES string of the molecule is CCn1c2cc(-c3ccccc3)ccc2c2ccc(N(c3ccccc3)c3ccc4c(c3)Cc3ccccc3Oc3ccccc3Cc3cc(N(c5ccccc5)c5ccc6c7ccc(-c8ccccc8)cc7n(CC)c6c5)ccc3-4)cc21. The van der Waals surface area contributed by atoms with Crippen molar-refractivity contribution in [1.29, 1.82) is 0 Å². The average molecular weight is 1070 g/mol. The fourth-order valence-electron chi connectivity index (χ4n) is 13.1. The minimum absolute atomic E-state index is 0.659. The van der Waals surface area contributed by atoms with Crippen LogP contribution in [0.4, 0.5) is 34.1 Å². The standard InChI is InChI=1S/C78H60N4O/c1-3-79-73-49-55(53-21-9-5-10-22-53)33-39-69(73)71-43-37-65(51-75(71)79)81(61-27-13-7-14-28-61)63-35-41-67-59(47-63)45-57-25-17-19-31-77(57)83-78-32-20-18-26-58(78)46-60-48-64(36-42-68(60)67)82(62-29-15-8-16-30-62)66-38-44-72-70-40-34-56(54-23-11-6-12-24-54)50-74(70)80(4-2)76(72)52-66/h5-44,47-52H,3-4,45-46H2,1-2H3. The normalized spacial score (nSPS) is 12.1. The first-order valence-electron chi connectivity index (χ1n) is 29.1. The van der Waals surface area contributed by atoms with Crippen LogP contribution in [0.15, 0.2) is 279 Å². The molecule has 1 aliphatic heterocycles. The molecule has 2 aromatic heterocycles. The molecular formula is C78H60N4O. The van der Waals surface area contributed by atoms with Gasteiger partial charge in [0.25, 0.3) is 0 Å². The first kappa shape index (κ1) is 49.7. The Morgan fingerprint density at radius 3 is 1.04 bits per heavy atom. The van der Waals surface area contributed by atoms with Gasteiger partial charge in [-0.3, -0.25) is 0 Å². The highest BCUT2D eigenvalue weighted by Gasteiger charge is 2.24. The Balaban J connectivity index is 0.894. The predicted molar refractivity (Wildman–Crippen MR) is 348 cm³/mol. The van der Waals surface area contributed by atoms with E-state index in [9.17, 15) is 0 Å². The smallest absolute Gasteiger partial charge is 0.130 e. The second-order valence-corrected chi connectivity index (χ2v) is 21.8. The monoisotopic (exact) mass is 1070 g/mol. The van der Waals surface area contributed by atoms with E-state index in [0.29, 0.717) is 12.8 Å². The van der Waals surface area contributed by atoms with E-state index >= 15 is 0 Å². The average Bonchev–Trinajstić information content (AvgIpc) is 4.25. The molecule has 0 fully saturated rings. The molecule has 1 aliphatic rings. The summed E-state index contributed by atoms with van der Waals surface area (Å²) in [5.41, 5.74) is 23.4. The van der Waals surface area contributed by atoms with Crippen molar-refractivity contribution in [3.63, 3.8) is 0 Å². The largest absolute Gasteiger partial charge is 0.457 e. The van der Waals surface area contributed by atoms with Crippen molar-refractivity contribution in [1.82, 2.24) is 9.13 Å². The molecule has 5 heteroatoms. The van der Waals surface area contributed by atoms with Crippen LogP contribution < -0.4 is 14.5 Å². The van der Waals surface area contributed by atoms with Crippen molar-refractivity contribution in [3.8, 4) is 44.9 Å². The van der Waals surface area contributed by atoms with E-state index < -0.39 is 0 Å². The van der Waals surface area contributed by atoms with Crippen LogP contribution in [0.5, 0.6) is 11.5 Å². The van der Waals surface area contributed by atoms with Gasteiger partial charge in [0.2, 0.25) is 0 Å². The fourth-order valence-corrected chi connectivity index (χ4v) is 13.1. The van der Waals surface area contributed by atoms with Gasteiger partial charge in [-0.15, -0.1) is 0 Å². The minimum atomic E-state index is 0.659. The van der Waals surface area contributed by atoms with Gasteiger partial charge in [0.1, 0.15) is 11.5 Å². The fraction of sp³-hybridized carbons (Fsp3) is 0.0769. The number of aryl methyl sites for hydroxylation is 2. The van der Waals surface area contributed by atoms with Gasteiger partial charge in [-0.25, -0.2) is 0 Å². The maximum absolute atomic E-state index is 7.05. The summed E-state index contributed by atoms with van der Waals surface area (Å²) in [5.74, 6) is 1.73. The Kier molecular flexibility index (Phi) is 12.5. The van der Waals surface area contributed by atoms with Gasteiger partial charge in [0, 0.05) is 92.6 Å². The third-order valence-electron chi connectivity index (χ3n) is 17.0. The van der Waals surface area contributed by atoms with E-state index in [0.717, 1.165) is 69.8 Å². The lowest BCUT2D eigenvalue weighted by Gasteiger charge is -2.28. The molecule has 14 aromatic rings. The van der Waals surface area contributed by atoms with Crippen LogP contribution in [0.3, 0.4) is 0 Å². The molecule has 0 saturated heterocycles. The molecule has 0 saturated carbocycles. The van der Waals surface area contributed by atoms with Gasteiger partial charge in [0.05, 0.1) is 11.0 Å². The van der Waals surface area contributed by atoms with Gasteiger partial charge in [0.15, 0.2) is 0 Å². The van der Waals surface area contributed by atoms with Crippen LogP contribution in [0.25, 0.3) is 77.0 Å². The van der Waals surface area contributed by atoms with E-state index in [1.807, 2.05) is 0 Å². The summed E-state index contributed by atoms with van der Waals surface area (Å²) in [7, 11) is 0. The maximum atomic E-state index is 7.05. The van der Waals surface area contributed by atoms with Crippen LogP contribution >= 0.6 is 0 Å². The Bertz CT molecular complexity index is 4430. The van der Waals surface area contributed by atoms with Gasteiger partial charge >= 0.3 is 0 Å². The highest BCUT2D eigenvalue weighted by Crippen LogP contribution is 2.46. The third kappa shape index (κ3) is 8.89. The second kappa shape index (κ2) is 20.9. The van der Waals surface area contributed by atoms with Crippen molar-refractivity contribution in [2.45, 2.75) is 39.8 Å². The lowest BCUT2D eigenvalue weighted by Crippen LogP contribution is -2.12. The second-order valence-electron chi connectivity index (χ2n) is 21.8. The van der Waals surface area contributed by atoms with Gasteiger partial charge in [-0.05, 0) is 167 Å². The molecule has 398 valence electrons. The molecule has 0 N–H and O–H groups in total. The van der Waals surface area contributed by atoms with Crippen molar-refractivity contribution < 1.29 is 4.74 Å². The quantitative estimate of drug-likeness (QED) is 0.136. The number of hydrogen-bond donors (Lipinski definition) is 0. The lowest BCUT2D eigenvalue weighted by atomic mass is 9.89. The summed E-state index contributed by atoms with van der Waals surface area (Å²) >= 11 is 0. The molecule has 0 unspecified atom stereocenters. The maximum Gasteiger partial charge on any atom is 0.130 e. The molecule has 5 nitrogen and oxygen atoms in total. The zero-order valence-corrected chi connectivity index (χ0v) is 46.6. The summed E-state index contributed by atoms with van der Waals surface area (Å²) in [6.07, 6.45) is 1.32. The Hall–Kier alpha value is -10.4. The van der Waals surface area contributed by atoms with Gasteiger partial charge < -0.3 is 23.7 Å². The zero-order chi connectivity index (χ0) is 55.4. The Morgan fingerprint density at radius 2 is 0.627 bits per heavy atom. The number of rotatable bonds is 10. The first-order valence-corrected chi connectivity index (χ1v) is 29.1. The number of aromatic nitrogens is 2. The minimum Gasteiger partial charge on any atom is -0.457 e. The molecule has 12 aromatic carbocycles. The molecule has 3 heterocycles. The highest BCUT2D eigenvalue weighted by atomic mass is 16.5. The summed E-state index contributed by atoms with van der Waals surface area (Å²) in [5, 5.41) is 5.03. The number of fused-ring (bicyclic) bond motifs is 11. The summed E-state index contributed by atoms with van der Waals surface area (Å²) < 4.78 is 12.0. The van der Waals surface area contributed by atoms with Crippen molar-refractivity contribution in [3.05, 3.63) is 301 Å². The molecule has 0 radical (unpaired) electrons. The molecule has 0 bridgehead atoms. The molecular weight excluding hydrogens is 1010 g/mol. The molecule has 15 rings (SSSR count). The van der Waals surface area contributed by atoms with Crippen LogP contribution in [-0.2, 0) is 25.9 Å². The van der Waals surface area contributed by atoms with Crippen molar-refractivity contribution >= 4 is 77.7 Å². The first-order chi connectivity index (χ1) is 41.0. The molecule has 0 aliphatic carbocycles. The topological polar surface area (TPSA) is 25.6 Å². The lowest BCUT2D eigenvalue weighted by molar-refractivity contribution is 0.472. The number of anilines is 6. The van der Waals surface area contributed by atoms with E-state index in [4.69, 9.17) is 4.74 Å². The Morgan fingerprint density at radius 1 is 0.289 bits per heavy atom. The summed E-state index contributed by atoms with van der Waals surface area (Å²) in [6.45, 7) is 6.20. The highest BCUT2D eigenvalue weighted by molar-refractivity contribution is 6.11. The third-order valence-corrected chi connectivity index (χ3v) is 17.0. The van der Waals surface area contributed by atoms with Crippen LogP contribution in [0.1, 0.15) is 36.1 Å². The number of nitrogens with zero attached hydrogens (tertiary/aromatic N) is 4. The number of ether oxygens (including phenoxy) is 1. The van der Waals surface area contributed by atoms with Crippen LogP contribution in [0.2, 0.25) is 0 Å². The van der Waals surface area contributed by atoms with Crippen molar-refractivity contribution in [2.24, 2.45) is 0 Å². The Labute approximate surface area is 484 Å².